The Morgan fingerprint density at radius 3 is 2.45 bits per heavy atom. The Morgan fingerprint density at radius 1 is 0.905 bits per heavy atom. The van der Waals surface area contributed by atoms with Gasteiger partial charge in [-0.2, -0.15) is 15.2 Å². The summed E-state index contributed by atoms with van der Waals surface area (Å²) in [6, 6.07) is 18.6. The molecule has 3 aromatic heterocycles. The molecule has 0 atom stereocenters. The second kappa shape index (κ2) is 11.9. The maximum Gasteiger partial charge on any atom is 0.228 e. The summed E-state index contributed by atoms with van der Waals surface area (Å²) in [5.74, 6) is 1.44. The van der Waals surface area contributed by atoms with E-state index in [0.717, 1.165) is 103 Å². The first-order valence-electron chi connectivity index (χ1n) is 14.5. The highest BCUT2D eigenvalue weighted by Gasteiger charge is 2.21. The van der Waals surface area contributed by atoms with Gasteiger partial charge < -0.3 is 19.7 Å². The summed E-state index contributed by atoms with van der Waals surface area (Å²) in [7, 11) is 2.02. The van der Waals surface area contributed by atoms with E-state index in [9.17, 15) is 0 Å². The molecule has 2 aliphatic heterocycles. The van der Waals surface area contributed by atoms with Crippen LogP contribution in [0.3, 0.4) is 0 Å². The molecule has 0 unspecified atom stereocenters. The maximum absolute atomic E-state index is 5.61. The first-order valence-corrected chi connectivity index (χ1v) is 14.5. The van der Waals surface area contributed by atoms with Crippen LogP contribution in [0.1, 0.15) is 5.69 Å². The smallest absolute Gasteiger partial charge is 0.228 e. The third-order valence-electron chi connectivity index (χ3n) is 7.97. The van der Waals surface area contributed by atoms with Crippen LogP contribution < -0.4 is 10.2 Å². The molecular formula is C31H35N9O2. The lowest BCUT2D eigenvalue weighted by Gasteiger charge is -2.27. The van der Waals surface area contributed by atoms with Crippen molar-refractivity contribution in [1.82, 2.24) is 34.8 Å². The number of morpholine rings is 2. The number of aromatic nitrogens is 6. The van der Waals surface area contributed by atoms with Gasteiger partial charge in [0, 0.05) is 75.1 Å². The quantitative estimate of drug-likeness (QED) is 0.290. The fourth-order valence-corrected chi connectivity index (χ4v) is 5.71. The number of hydrogen-bond donors (Lipinski definition) is 2. The molecule has 0 radical (unpaired) electrons. The van der Waals surface area contributed by atoms with Gasteiger partial charge in [0.2, 0.25) is 5.95 Å². The summed E-state index contributed by atoms with van der Waals surface area (Å²) in [6.07, 6.45) is 2.62. The van der Waals surface area contributed by atoms with Crippen molar-refractivity contribution in [1.29, 1.82) is 0 Å². The van der Waals surface area contributed by atoms with Gasteiger partial charge in [0.05, 0.1) is 49.0 Å². The summed E-state index contributed by atoms with van der Waals surface area (Å²) in [5.41, 5.74) is 7.12. The molecule has 216 valence electrons. The Balaban J connectivity index is 1.25. The first kappa shape index (κ1) is 26.6. The van der Waals surface area contributed by atoms with Crippen LogP contribution in [0.15, 0.2) is 60.8 Å². The number of H-pyrrole nitrogens is 1. The van der Waals surface area contributed by atoms with Gasteiger partial charge in [-0.15, -0.1) is 0 Å². The monoisotopic (exact) mass is 565 g/mol. The lowest BCUT2D eigenvalue weighted by atomic mass is 10.0. The van der Waals surface area contributed by atoms with Gasteiger partial charge in [-0.3, -0.25) is 14.7 Å². The van der Waals surface area contributed by atoms with Crippen LogP contribution in [0, 0.1) is 0 Å². The number of anilines is 3. The molecule has 5 aromatic rings. The average molecular weight is 566 g/mol. The molecule has 7 rings (SSSR count). The number of ether oxygens (including phenoxy) is 2. The van der Waals surface area contributed by atoms with Crippen molar-refractivity contribution in [2.45, 2.75) is 6.42 Å². The minimum absolute atomic E-state index is 0.662. The highest BCUT2D eigenvalue weighted by atomic mass is 16.5. The topological polar surface area (TPSA) is 109 Å². The first-order chi connectivity index (χ1) is 20.7. The number of aryl methyl sites for hydroxylation is 1. The van der Waals surface area contributed by atoms with E-state index < -0.39 is 0 Å². The van der Waals surface area contributed by atoms with Crippen LogP contribution in [0.25, 0.3) is 33.4 Å². The summed E-state index contributed by atoms with van der Waals surface area (Å²) >= 11 is 0. The van der Waals surface area contributed by atoms with E-state index in [1.807, 2.05) is 23.9 Å². The van der Waals surface area contributed by atoms with Crippen molar-refractivity contribution in [3.05, 3.63) is 66.5 Å². The van der Waals surface area contributed by atoms with Crippen LogP contribution >= 0.6 is 0 Å². The van der Waals surface area contributed by atoms with E-state index in [-0.39, 0.29) is 0 Å². The zero-order valence-corrected chi connectivity index (χ0v) is 23.8. The second-order valence-electron chi connectivity index (χ2n) is 10.7. The highest BCUT2D eigenvalue weighted by Crippen LogP contribution is 2.33. The highest BCUT2D eigenvalue weighted by molar-refractivity contribution is 5.96. The largest absolute Gasteiger partial charge is 0.379 e. The third kappa shape index (κ3) is 5.58. The van der Waals surface area contributed by atoms with Crippen LogP contribution in [0.2, 0.25) is 0 Å². The molecular weight excluding hydrogens is 530 g/mol. The van der Waals surface area contributed by atoms with Crippen molar-refractivity contribution in [2.75, 3.05) is 69.4 Å². The lowest BCUT2D eigenvalue weighted by Crippen LogP contribution is -2.37. The molecule has 0 bridgehead atoms. The van der Waals surface area contributed by atoms with Crippen molar-refractivity contribution < 1.29 is 9.47 Å². The fourth-order valence-electron chi connectivity index (χ4n) is 5.71. The molecule has 0 aliphatic carbocycles. The number of nitrogens with zero attached hydrogens (tertiary/aromatic N) is 7. The summed E-state index contributed by atoms with van der Waals surface area (Å²) in [5, 5.41) is 16.7. The van der Waals surface area contributed by atoms with E-state index in [0.29, 0.717) is 19.2 Å². The number of nitrogens with one attached hydrogen (secondary N) is 2. The Labute approximate surface area is 244 Å². The number of aromatic amines is 1. The number of hydrogen-bond acceptors (Lipinski definition) is 9. The number of fused-ring (bicyclic) bond motifs is 1. The molecule has 0 spiro atoms. The van der Waals surface area contributed by atoms with Crippen LogP contribution in [0.4, 0.5) is 17.5 Å². The fraction of sp³-hybridized carbons (Fsp3) is 0.355. The van der Waals surface area contributed by atoms with Gasteiger partial charge in [-0.1, -0.05) is 24.3 Å². The van der Waals surface area contributed by atoms with E-state index in [2.05, 4.69) is 67.8 Å². The molecule has 11 heteroatoms. The van der Waals surface area contributed by atoms with Gasteiger partial charge in [-0.05, 0) is 29.8 Å². The van der Waals surface area contributed by atoms with Crippen molar-refractivity contribution in [3.8, 4) is 22.5 Å². The molecule has 2 aliphatic rings. The zero-order valence-electron chi connectivity index (χ0n) is 23.8. The van der Waals surface area contributed by atoms with Crippen LogP contribution in [0.5, 0.6) is 0 Å². The Hall–Kier alpha value is -4.32. The Kier molecular flexibility index (Phi) is 7.52. The molecule has 42 heavy (non-hydrogen) atoms. The molecule has 2 saturated heterocycles. The van der Waals surface area contributed by atoms with Crippen molar-refractivity contribution in [3.63, 3.8) is 0 Å². The van der Waals surface area contributed by atoms with E-state index in [4.69, 9.17) is 24.5 Å². The van der Waals surface area contributed by atoms with Crippen LogP contribution in [-0.2, 0) is 22.9 Å². The van der Waals surface area contributed by atoms with Gasteiger partial charge in [0.1, 0.15) is 5.82 Å². The van der Waals surface area contributed by atoms with Gasteiger partial charge >= 0.3 is 0 Å². The molecule has 5 heterocycles. The van der Waals surface area contributed by atoms with Gasteiger partial charge in [-0.25, -0.2) is 4.98 Å². The van der Waals surface area contributed by atoms with Crippen molar-refractivity contribution >= 4 is 28.4 Å². The maximum atomic E-state index is 5.61. The number of rotatable bonds is 8. The summed E-state index contributed by atoms with van der Waals surface area (Å²) in [6.45, 7) is 7.29. The zero-order chi connectivity index (χ0) is 28.3. The Bertz CT molecular complexity index is 1640. The minimum atomic E-state index is 0.662. The summed E-state index contributed by atoms with van der Waals surface area (Å²) < 4.78 is 13.1. The van der Waals surface area contributed by atoms with E-state index >= 15 is 0 Å². The molecule has 0 saturated carbocycles. The average Bonchev–Trinajstić information content (AvgIpc) is 3.70. The molecule has 0 amide bonds. The second-order valence-corrected chi connectivity index (χ2v) is 10.7. The van der Waals surface area contributed by atoms with Crippen LogP contribution in [-0.4, -0.2) is 94.0 Å². The molecule has 2 N–H and O–H groups in total. The predicted octanol–water partition coefficient (Wildman–Crippen LogP) is 3.88. The van der Waals surface area contributed by atoms with Gasteiger partial charge in [0.25, 0.3) is 0 Å². The third-order valence-corrected chi connectivity index (χ3v) is 7.97. The SMILES string of the molecule is Cn1nc(CCN2CCOCC2)c2c(-c3cc(Nc4ccc(-c5ccn[nH]5)cc4)nc(N4CCOCC4)n3)cccc21. The van der Waals surface area contributed by atoms with Gasteiger partial charge in [0.15, 0.2) is 0 Å². The van der Waals surface area contributed by atoms with E-state index in [1.165, 1.54) is 0 Å². The molecule has 2 fully saturated rings. The normalized spacial score (nSPS) is 16.3. The molecule has 11 nitrogen and oxygen atoms in total. The number of benzene rings is 2. The standard InChI is InChI=1S/C31H35N9O2/c1-38-28-4-2-3-24(30(28)26(37-38)10-12-39-13-17-41-18-14-39)27-21-29(35-31(34-27)40-15-19-42-20-16-40)33-23-7-5-22(6-8-23)25-9-11-32-36-25/h2-9,11,21H,10,12-20H2,1H3,(H,32,36)(H,33,34,35). The Morgan fingerprint density at radius 2 is 1.69 bits per heavy atom. The molecule has 2 aromatic carbocycles. The predicted molar refractivity (Wildman–Crippen MR) is 163 cm³/mol. The minimum Gasteiger partial charge on any atom is -0.379 e. The lowest BCUT2D eigenvalue weighted by molar-refractivity contribution is 0.0383. The van der Waals surface area contributed by atoms with E-state index in [1.54, 1.807) is 6.20 Å². The van der Waals surface area contributed by atoms with Crippen molar-refractivity contribution in [2.24, 2.45) is 7.05 Å². The summed E-state index contributed by atoms with van der Waals surface area (Å²) in [4.78, 5) is 14.7.